The predicted molar refractivity (Wildman–Crippen MR) is 233 cm³/mol. The summed E-state index contributed by atoms with van der Waals surface area (Å²) in [6, 6.07) is 0. The van der Waals surface area contributed by atoms with Gasteiger partial charge < -0.3 is 14.2 Å². The number of allylic oxidation sites excluding steroid dienone is 8. The molecule has 0 aromatic rings. The molecule has 0 fully saturated rings. The van der Waals surface area contributed by atoms with Gasteiger partial charge in [0.15, 0.2) is 6.10 Å². The van der Waals surface area contributed by atoms with Crippen molar-refractivity contribution in [2.24, 2.45) is 0 Å². The lowest BCUT2D eigenvalue weighted by Gasteiger charge is -2.18. The maximum Gasteiger partial charge on any atom is 0.306 e. The average Bonchev–Trinajstić information content (AvgIpc) is 3.17. The molecule has 0 saturated carbocycles. The number of carbonyl (C=O) groups is 2. The minimum atomic E-state index is -0.540. The van der Waals surface area contributed by atoms with Gasteiger partial charge in [0.05, 0.1) is 6.61 Å². The van der Waals surface area contributed by atoms with Crippen LogP contribution in [0.4, 0.5) is 0 Å². The molecule has 0 aliphatic rings. The van der Waals surface area contributed by atoms with Crippen LogP contribution in [0.25, 0.3) is 0 Å². The first kappa shape index (κ1) is 51.9. The van der Waals surface area contributed by atoms with Gasteiger partial charge in [0.1, 0.15) is 6.61 Å². The van der Waals surface area contributed by atoms with Crippen molar-refractivity contribution in [2.75, 3.05) is 19.8 Å². The van der Waals surface area contributed by atoms with Crippen molar-refractivity contribution in [1.29, 1.82) is 0 Å². The molecule has 0 aromatic heterocycles. The topological polar surface area (TPSA) is 61.8 Å². The van der Waals surface area contributed by atoms with E-state index in [1.54, 1.807) is 0 Å². The van der Waals surface area contributed by atoms with E-state index in [0.717, 1.165) is 70.6 Å². The third-order valence-electron chi connectivity index (χ3n) is 9.85. The van der Waals surface area contributed by atoms with Crippen molar-refractivity contribution in [1.82, 2.24) is 0 Å². The molecule has 0 aliphatic carbocycles. The SMILES string of the molecule is CC/C=C\C/C=C\C/C=C\CCCCCCCC(=O)OC(COCCCCCCCC)COC(=O)CCCCCCCCC/C=C\CCCCCCCC. The molecular weight excluding hydrogens is 669 g/mol. The van der Waals surface area contributed by atoms with Gasteiger partial charge in [-0.1, -0.05) is 185 Å². The maximum atomic E-state index is 12.7. The Morgan fingerprint density at radius 3 is 1.35 bits per heavy atom. The normalized spacial score (nSPS) is 12.6. The van der Waals surface area contributed by atoms with E-state index in [-0.39, 0.29) is 25.2 Å². The number of hydrogen-bond donors (Lipinski definition) is 0. The molecule has 0 radical (unpaired) electrons. The highest BCUT2D eigenvalue weighted by Gasteiger charge is 2.17. The summed E-state index contributed by atoms with van der Waals surface area (Å²) in [5.41, 5.74) is 0. The highest BCUT2D eigenvalue weighted by molar-refractivity contribution is 5.70. The van der Waals surface area contributed by atoms with Crippen LogP contribution in [0.2, 0.25) is 0 Å². The summed E-state index contributed by atoms with van der Waals surface area (Å²) in [5.74, 6) is -0.421. The van der Waals surface area contributed by atoms with Crippen molar-refractivity contribution in [3.63, 3.8) is 0 Å². The Bertz CT molecular complexity index is 904. The summed E-state index contributed by atoms with van der Waals surface area (Å²) >= 11 is 0. The van der Waals surface area contributed by atoms with Crippen molar-refractivity contribution in [3.8, 4) is 0 Å². The summed E-state index contributed by atoms with van der Waals surface area (Å²) in [6.45, 7) is 7.66. The molecule has 0 heterocycles. The molecule has 1 atom stereocenters. The first-order chi connectivity index (χ1) is 26.6. The Kier molecular flexibility index (Phi) is 43.5. The van der Waals surface area contributed by atoms with E-state index in [1.165, 1.54) is 122 Å². The van der Waals surface area contributed by atoms with Crippen molar-refractivity contribution >= 4 is 11.9 Å². The molecule has 5 heteroatoms. The third-order valence-corrected chi connectivity index (χ3v) is 9.85. The number of ether oxygens (including phenoxy) is 3. The fourth-order valence-electron chi connectivity index (χ4n) is 6.40. The van der Waals surface area contributed by atoms with Crippen LogP contribution in [0.1, 0.15) is 226 Å². The molecule has 0 spiro atoms. The van der Waals surface area contributed by atoms with Crippen LogP contribution < -0.4 is 0 Å². The second-order valence-corrected chi connectivity index (χ2v) is 15.3. The van der Waals surface area contributed by atoms with E-state index in [1.807, 2.05) is 0 Å². The molecule has 1 unspecified atom stereocenters. The minimum absolute atomic E-state index is 0.0771. The molecule has 0 rings (SSSR count). The van der Waals surface area contributed by atoms with Crippen molar-refractivity contribution in [2.45, 2.75) is 232 Å². The Labute approximate surface area is 335 Å². The molecule has 5 nitrogen and oxygen atoms in total. The van der Waals surface area contributed by atoms with E-state index in [2.05, 4.69) is 69.4 Å². The molecule has 0 aliphatic heterocycles. The Balaban J connectivity index is 4.13. The largest absolute Gasteiger partial charge is 0.462 e. The third kappa shape index (κ3) is 42.6. The molecule has 0 N–H and O–H groups in total. The Morgan fingerprint density at radius 1 is 0.426 bits per heavy atom. The zero-order valence-corrected chi connectivity index (χ0v) is 36.0. The monoisotopic (exact) mass is 757 g/mol. The van der Waals surface area contributed by atoms with Gasteiger partial charge >= 0.3 is 11.9 Å². The number of hydrogen-bond acceptors (Lipinski definition) is 5. The standard InChI is InChI=1S/C49H88O5/c1-4-7-10-13-16-18-20-22-24-25-27-28-30-32-34-36-39-42-48(50)53-46-47(45-52-44-41-38-15-12-9-6-3)54-49(51)43-40-37-35-33-31-29-26-23-21-19-17-14-11-8-5-2/h8,11,17,19,22-24,26,47H,4-7,9-10,12-16,18,20-21,25,27-46H2,1-3H3/b11-8-,19-17-,24-22-,26-23-. The van der Waals surface area contributed by atoms with E-state index in [0.29, 0.717) is 19.4 Å². The van der Waals surface area contributed by atoms with Gasteiger partial charge in [0, 0.05) is 19.4 Å². The minimum Gasteiger partial charge on any atom is -0.462 e. The van der Waals surface area contributed by atoms with Gasteiger partial charge in [-0.3, -0.25) is 9.59 Å². The van der Waals surface area contributed by atoms with Crippen LogP contribution in [-0.2, 0) is 23.8 Å². The number of esters is 2. The van der Waals surface area contributed by atoms with E-state index < -0.39 is 6.10 Å². The van der Waals surface area contributed by atoms with Crippen LogP contribution in [0.15, 0.2) is 48.6 Å². The fraction of sp³-hybridized carbons (Fsp3) is 0.796. The lowest BCUT2D eigenvalue weighted by molar-refractivity contribution is -0.163. The van der Waals surface area contributed by atoms with Crippen molar-refractivity contribution in [3.05, 3.63) is 48.6 Å². The van der Waals surface area contributed by atoms with Crippen molar-refractivity contribution < 1.29 is 23.8 Å². The van der Waals surface area contributed by atoms with Gasteiger partial charge in [0.2, 0.25) is 0 Å². The zero-order valence-electron chi connectivity index (χ0n) is 36.0. The fourth-order valence-corrected chi connectivity index (χ4v) is 6.40. The average molecular weight is 757 g/mol. The predicted octanol–water partition coefficient (Wildman–Crippen LogP) is 15.2. The number of unbranched alkanes of at least 4 members (excludes halogenated alkanes) is 23. The van der Waals surface area contributed by atoms with Crippen LogP contribution in [0.3, 0.4) is 0 Å². The summed E-state index contributed by atoms with van der Waals surface area (Å²) in [7, 11) is 0. The highest BCUT2D eigenvalue weighted by atomic mass is 16.6. The van der Waals surface area contributed by atoms with Gasteiger partial charge in [-0.05, 0) is 77.0 Å². The summed E-state index contributed by atoms with van der Waals surface area (Å²) in [4.78, 5) is 25.2. The smallest absolute Gasteiger partial charge is 0.306 e. The quantitative estimate of drug-likeness (QED) is 0.0353. The Hall–Kier alpha value is -2.14. The van der Waals surface area contributed by atoms with E-state index >= 15 is 0 Å². The number of carbonyl (C=O) groups excluding carboxylic acids is 2. The Morgan fingerprint density at radius 2 is 0.833 bits per heavy atom. The van der Waals surface area contributed by atoms with Crippen LogP contribution >= 0.6 is 0 Å². The van der Waals surface area contributed by atoms with E-state index in [4.69, 9.17) is 14.2 Å². The second-order valence-electron chi connectivity index (χ2n) is 15.3. The summed E-state index contributed by atoms with van der Waals surface area (Å²) in [6.07, 6.45) is 54.0. The summed E-state index contributed by atoms with van der Waals surface area (Å²) in [5, 5.41) is 0. The zero-order chi connectivity index (χ0) is 39.3. The van der Waals surface area contributed by atoms with Gasteiger partial charge in [-0.2, -0.15) is 0 Å². The van der Waals surface area contributed by atoms with Gasteiger partial charge in [-0.25, -0.2) is 0 Å². The van der Waals surface area contributed by atoms with Crippen LogP contribution in [0.5, 0.6) is 0 Å². The van der Waals surface area contributed by atoms with Gasteiger partial charge in [0.25, 0.3) is 0 Å². The molecular formula is C49H88O5. The number of rotatable bonds is 42. The highest BCUT2D eigenvalue weighted by Crippen LogP contribution is 2.13. The molecule has 0 aromatic carbocycles. The maximum absolute atomic E-state index is 12.7. The molecule has 0 saturated heterocycles. The van der Waals surface area contributed by atoms with Crippen LogP contribution in [0, 0.1) is 0 Å². The van der Waals surface area contributed by atoms with Gasteiger partial charge in [-0.15, -0.1) is 0 Å². The second kappa shape index (κ2) is 45.3. The molecule has 54 heavy (non-hydrogen) atoms. The lowest BCUT2D eigenvalue weighted by atomic mass is 10.1. The lowest BCUT2D eigenvalue weighted by Crippen LogP contribution is -2.30. The van der Waals surface area contributed by atoms with E-state index in [9.17, 15) is 9.59 Å². The first-order valence-electron chi connectivity index (χ1n) is 23.2. The summed E-state index contributed by atoms with van der Waals surface area (Å²) < 4.78 is 17.2. The first-order valence-corrected chi connectivity index (χ1v) is 23.2. The molecule has 314 valence electrons. The molecule has 0 bridgehead atoms. The van der Waals surface area contributed by atoms with Crippen LogP contribution in [-0.4, -0.2) is 37.9 Å². The molecule has 0 amide bonds.